The van der Waals surface area contributed by atoms with Gasteiger partial charge < -0.3 is 15.4 Å². The molecular formula is C14H18ClFN2O3. The summed E-state index contributed by atoms with van der Waals surface area (Å²) in [5, 5.41) is 5.60. The lowest BCUT2D eigenvalue weighted by Gasteiger charge is -2.22. The highest BCUT2D eigenvalue weighted by atomic mass is 35.5. The quantitative estimate of drug-likeness (QED) is 0.838. The highest BCUT2D eigenvalue weighted by Gasteiger charge is 2.21. The second kappa shape index (κ2) is 7.95. The van der Waals surface area contributed by atoms with Crippen molar-refractivity contribution < 1.29 is 18.7 Å². The third-order valence-electron chi connectivity index (χ3n) is 3.27. The Morgan fingerprint density at radius 1 is 1.38 bits per heavy atom. The van der Waals surface area contributed by atoms with Gasteiger partial charge in [-0.3, -0.25) is 4.79 Å². The van der Waals surface area contributed by atoms with E-state index in [1.807, 2.05) is 0 Å². The number of ether oxygens (including phenoxy) is 1. The number of nitrogens with one attached hydrogen (secondary N) is 2. The van der Waals surface area contributed by atoms with E-state index in [4.69, 9.17) is 0 Å². The van der Waals surface area contributed by atoms with Crippen molar-refractivity contribution in [2.75, 3.05) is 19.0 Å². The lowest BCUT2D eigenvalue weighted by molar-refractivity contribution is -0.118. The van der Waals surface area contributed by atoms with E-state index >= 15 is 0 Å². The van der Waals surface area contributed by atoms with Crippen LogP contribution in [-0.4, -0.2) is 31.6 Å². The van der Waals surface area contributed by atoms with Crippen LogP contribution in [0.15, 0.2) is 18.2 Å². The molecule has 1 amide bonds. The van der Waals surface area contributed by atoms with Gasteiger partial charge in [0.15, 0.2) is 0 Å². The van der Waals surface area contributed by atoms with Crippen LogP contribution in [0.5, 0.6) is 0 Å². The van der Waals surface area contributed by atoms with Crippen molar-refractivity contribution in [2.45, 2.75) is 25.3 Å². The largest absolute Gasteiger partial charge is 0.465 e. The first-order valence-electron chi connectivity index (χ1n) is 6.54. The third kappa shape index (κ3) is 4.41. The fourth-order valence-corrected chi connectivity index (χ4v) is 2.16. The number of hydrogen-bond acceptors (Lipinski definition) is 4. The van der Waals surface area contributed by atoms with Crippen molar-refractivity contribution in [3.05, 3.63) is 29.6 Å². The zero-order valence-corrected chi connectivity index (χ0v) is 12.5. The Morgan fingerprint density at radius 3 is 2.76 bits per heavy atom. The van der Waals surface area contributed by atoms with E-state index in [0.29, 0.717) is 0 Å². The van der Waals surface area contributed by atoms with Crippen LogP contribution in [0.1, 0.15) is 29.6 Å². The first-order valence-corrected chi connectivity index (χ1v) is 6.54. The number of halogens is 2. The summed E-state index contributed by atoms with van der Waals surface area (Å²) in [6.07, 6.45) is 2.73. The van der Waals surface area contributed by atoms with Crippen molar-refractivity contribution in [2.24, 2.45) is 0 Å². The smallest absolute Gasteiger partial charge is 0.337 e. The zero-order valence-electron chi connectivity index (χ0n) is 11.6. The average molecular weight is 317 g/mol. The number of carbonyl (C=O) groups excluding carboxylic acids is 2. The van der Waals surface area contributed by atoms with Crippen molar-refractivity contribution >= 4 is 30.0 Å². The number of methoxy groups -OCH3 is 1. The highest BCUT2D eigenvalue weighted by molar-refractivity contribution is 5.97. The molecule has 2 N–H and O–H groups in total. The van der Waals surface area contributed by atoms with Gasteiger partial charge in [-0.25, -0.2) is 9.18 Å². The van der Waals surface area contributed by atoms with Gasteiger partial charge in [0, 0.05) is 0 Å². The van der Waals surface area contributed by atoms with Crippen LogP contribution in [0.2, 0.25) is 0 Å². The SMILES string of the molecule is COC(=O)c1ccc(F)c(NC(=O)C2CCCCN2)c1.Cl. The van der Waals surface area contributed by atoms with E-state index in [2.05, 4.69) is 15.4 Å². The molecule has 1 aromatic carbocycles. The van der Waals surface area contributed by atoms with E-state index in [-0.39, 0.29) is 35.6 Å². The summed E-state index contributed by atoms with van der Waals surface area (Å²) in [5.41, 5.74) is 0.186. The molecule has 1 fully saturated rings. The van der Waals surface area contributed by atoms with Gasteiger partial charge in [0.1, 0.15) is 5.82 Å². The second-order valence-electron chi connectivity index (χ2n) is 4.68. The predicted octanol–water partition coefficient (Wildman–Crippen LogP) is 2.11. The number of benzene rings is 1. The fourth-order valence-electron chi connectivity index (χ4n) is 2.16. The van der Waals surface area contributed by atoms with Crippen LogP contribution in [0.4, 0.5) is 10.1 Å². The Morgan fingerprint density at radius 2 is 2.14 bits per heavy atom. The standard InChI is InChI=1S/C14H17FN2O3.ClH/c1-20-14(19)9-5-6-10(15)12(8-9)17-13(18)11-4-2-3-7-16-11;/h5-6,8,11,16H,2-4,7H2,1H3,(H,17,18);1H. The molecule has 1 saturated heterocycles. The third-order valence-corrected chi connectivity index (χ3v) is 3.27. The van der Waals surface area contributed by atoms with Crippen LogP contribution >= 0.6 is 12.4 Å². The molecule has 0 saturated carbocycles. The van der Waals surface area contributed by atoms with Crippen LogP contribution in [0, 0.1) is 5.82 Å². The van der Waals surface area contributed by atoms with Gasteiger partial charge >= 0.3 is 5.97 Å². The molecule has 1 aliphatic rings. The van der Waals surface area contributed by atoms with Gasteiger partial charge in [0.25, 0.3) is 0 Å². The number of rotatable bonds is 3. The van der Waals surface area contributed by atoms with Crippen LogP contribution in [0.25, 0.3) is 0 Å². The summed E-state index contributed by atoms with van der Waals surface area (Å²) in [4.78, 5) is 23.4. The minimum Gasteiger partial charge on any atom is -0.465 e. The van der Waals surface area contributed by atoms with Crippen LogP contribution < -0.4 is 10.6 Å². The van der Waals surface area contributed by atoms with E-state index in [1.165, 1.54) is 19.2 Å². The maximum atomic E-state index is 13.7. The van der Waals surface area contributed by atoms with E-state index in [1.54, 1.807) is 0 Å². The molecule has 1 aromatic rings. The number of piperidine rings is 1. The number of esters is 1. The summed E-state index contributed by atoms with van der Waals surface area (Å²) in [6, 6.07) is 3.42. The molecule has 2 rings (SSSR count). The summed E-state index contributed by atoms with van der Waals surface area (Å²) in [6.45, 7) is 0.781. The van der Waals surface area contributed by atoms with Crippen molar-refractivity contribution in [3.8, 4) is 0 Å². The predicted molar refractivity (Wildman–Crippen MR) is 79.3 cm³/mol. The van der Waals surface area contributed by atoms with E-state index in [0.717, 1.165) is 31.9 Å². The molecule has 1 heterocycles. The lowest BCUT2D eigenvalue weighted by Crippen LogP contribution is -2.43. The van der Waals surface area contributed by atoms with Gasteiger partial charge in [-0.1, -0.05) is 6.42 Å². The van der Waals surface area contributed by atoms with Gasteiger partial charge in [0.05, 0.1) is 24.4 Å². The van der Waals surface area contributed by atoms with Gasteiger partial charge in [-0.05, 0) is 37.6 Å². The van der Waals surface area contributed by atoms with Gasteiger partial charge in [-0.2, -0.15) is 0 Å². The Hall–Kier alpha value is -1.66. The molecule has 1 aliphatic heterocycles. The maximum absolute atomic E-state index is 13.7. The molecule has 116 valence electrons. The Kier molecular flexibility index (Phi) is 6.58. The monoisotopic (exact) mass is 316 g/mol. The van der Waals surface area contributed by atoms with Crippen LogP contribution in [-0.2, 0) is 9.53 Å². The molecule has 0 spiro atoms. The van der Waals surface area contributed by atoms with Crippen molar-refractivity contribution in [1.29, 1.82) is 0 Å². The van der Waals surface area contributed by atoms with Crippen molar-refractivity contribution in [1.82, 2.24) is 5.32 Å². The first kappa shape index (κ1) is 17.4. The van der Waals surface area contributed by atoms with Gasteiger partial charge in [0.2, 0.25) is 5.91 Å². The molecule has 0 radical (unpaired) electrons. The van der Waals surface area contributed by atoms with E-state index < -0.39 is 11.8 Å². The van der Waals surface area contributed by atoms with Crippen molar-refractivity contribution in [3.63, 3.8) is 0 Å². The Labute approximate surface area is 128 Å². The minimum atomic E-state index is -0.582. The lowest BCUT2D eigenvalue weighted by atomic mass is 10.0. The first-order chi connectivity index (χ1) is 9.61. The Balaban J connectivity index is 0.00000220. The van der Waals surface area contributed by atoms with Crippen LogP contribution in [0.3, 0.4) is 0 Å². The summed E-state index contributed by atoms with van der Waals surface area (Å²) in [7, 11) is 1.25. The summed E-state index contributed by atoms with van der Waals surface area (Å²) < 4.78 is 18.2. The fraction of sp³-hybridized carbons (Fsp3) is 0.429. The molecule has 1 atom stereocenters. The normalized spacial score (nSPS) is 17.5. The molecular weight excluding hydrogens is 299 g/mol. The summed E-state index contributed by atoms with van der Waals surface area (Å²) >= 11 is 0. The Bertz CT molecular complexity index is 519. The molecule has 5 nitrogen and oxygen atoms in total. The number of carbonyl (C=O) groups is 2. The highest BCUT2D eigenvalue weighted by Crippen LogP contribution is 2.18. The van der Waals surface area contributed by atoms with E-state index in [9.17, 15) is 14.0 Å². The zero-order chi connectivity index (χ0) is 14.5. The molecule has 1 unspecified atom stereocenters. The topological polar surface area (TPSA) is 67.4 Å². The number of amides is 1. The molecule has 0 bridgehead atoms. The number of hydrogen-bond donors (Lipinski definition) is 2. The minimum absolute atomic E-state index is 0. The summed E-state index contributed by atoms with van der Waals surface area (Å²) in [5.74, 6) is -1.44. The van der Waals surface area contributed by atoms with Gasteiger partial charge in [-0.15, -0.1) is 12.4 Å². The molecule has 7 heteroatoms. The molecule has 0 aromatic heterocycles. The second-order valence-corrected chi connectivity index (χ2v) is 4.68. The molecule has 21 heavy (non-hydrogen) atoms. The average Bonchev–Trinajstić information content (AvgIpc) is 2.49. The molecule has 0 aliphatic carbocycles. The maximum Gasteiger partial charge on any atom is 0.337 e. The number of anilines is 1.